The van der Waals surface area contributed by atoms with Crippen LogP contribution in [0.1, 0.15) is 12.5 Å². The summed E-state index contributed by atoms with van der Waals surface area (Å²) >= 11 is 1.76. The van der Waals surface area contributed by atoms with Crippen molar-refractivity contribution < 1.29 is 0 Å². The first-order valence-electron chi connectivity index (χ1n) is 4.75. The summed E-state index contributed by atoms with van der Waals surface area (Å²) in [6.07, 6.45) is 4.22. The van der Waals surface area contributed by atoms with Crippen LogP contribution in [0, 0.1) is 11.2 Å². The average molecular weight is 238 g/mol. The molecule has 0 fully saturated rings. The van der Waals surface area contributed by atoms with E-state index in [2.05, 4.69) is 36.7 Å². The number of nitrogen functional groups attached to an aromatic ring is 1. The molecule has 0 saturated carbocycles. The van der Waals surface area contributed by atoms with E-state index in [1.807, 2.05) is 12.1 Å². The maximum Gasteiger partial charge on any atom is 0.156 e. The minimum Gasteiger partial charge on any atom is -0.398 e. The van der Waals surface area contributed by atoms with Crippen molar-refractivity contribution in [1.82, 2.24) is 0 Å². The third-order valence-electron chi connectivity index (χ3n) is 1.71. The molecule has 0 heterocycles. The fourth-order valence-corrected chi connectivity index (χ4v) is 2.10. The Hall–Kier alpha value is -0.720. The van der Waals surface area contributed by atoms with E-state index >= 15 is 0 Å². The molecule has 0 amide bonds. The molecule has 0 saturated heterocycles. The SMILES string of the molecule is CCSc1ccc(C#C[S+](C)C)cc1N. The summed E-state index contributed by atoms with van der Waals surface area (Å²) in [6.45, 7) is 2.12. The van der Waals surface area contributed by atoms with Crippen LogP contribution in [0.5, 0.6) is 0 Å². The van der Waals surface area contributed by atoms with Crippen molar-refractivity contribution in [2.24, 2.45) is 0 Å². The topological polar surface area (TPSA) is 26.0 Å². The van der Waals surface area contributed by atoms with E-state index in [1.54, 1.807) is 11.8 Å². The highest BCUT2D eigenvalue weighted by molar-refractivity contribution is 8.00. The Morgan fingerprint density at radius 3 is 2.67 bits per heavy atom. The minimum atomic E-state index is 0.161. The highest BCUT2D eigenvalue weighted by Gasteiger charge is 2.00. The number of nitrogens with two attached hydrogens (primary N) is 1. The van der Waals surface area contributed by atoms with Crippen molar-refractivity contribution in [3.8, 4) is 11.2 Å². The number of thioether (sulfide) groups is 1. The molecule has 0 atom stereocenters. The second kappa shape index (κ2) is 5.99. The quantitative estimate of drug-likeness (QED) is 0.371. The number of anilines is 1. The first-order chi connectivity index (χ1) is 7.13. The highest BCUT2D eigenvalue weighted by atomic mass is 32.2. The van der Waals surface area contributed by atoms with E-state index in [0.29, 0.717) is 0 Å². The summed E-state index contributed by atoms with van der Waals surface area (Å²) in [5.74, 6) is 4.17. The van der Waals surface area contributed by atoms with E-state index in [1.165, 1.54) is 0 Å². The third-order valence-corrected chi connectivity index (χ3v) is 3.19. The molecular formula is C12H16NS2+. The summed E-state index contributed by atoms with van der Waals surface area (Å²) in [5.41, 5.74) is 7.77. The lowest BCUT2D eigenvalue weighted by Gasteiger charge is -2.03. The van der Waals surface area contributed by atoms with Crippen LogP contribution in [-0.2, 0) is 10.9 Å². The van der Waals surface area contributed by atoms with Crippen molar-refractivity contribution in [2.45, 2.75) is 11.8 Å². The molecule has 1 aromatic carbocycles. The van der Waals surface area contributed by atoms with Crippen LogP contribution in [0.2, 0.25) is 0 Å². The smallest absolute Gasteiger partial charge is 0.156 e. The largest absolute Gasteiger partial charge is 0.398 e. The Labute approximate surface area is 99.2 Å². The molecule has 0 aromatic heterocycles. The normalized spacial score (nSPS) is 9.87. The van der Waals surface area contributed by atoms with Gasteiger partial charge in [0.25, 0.3) is 0 Å². The van der Waals surface area contributed by atoms with Gasteiger partial charge in [-0.25, -0.2) is 0 Å². The zero-order chi connectivity index (χ0) is 11.3. The van der Waals surface area contributed by atoms with Crippen LogP contribution in [0.4, 0.5) is 5.69 Å². The molecular weight excluding hydrogens is 222 g/mol. The fourth-order valence-electron chi connectivity index (χ4n) is 1.07. The second-order valence-electron chi connectivity index (χ2n) is 3.23. The molecule has 1 rings (SSSR count). The molecule has 0 aliphatic heterocycles. The Morgan fingerprint density at radius 2 is 2.13 bits per heavy atom. The summed E-state index contributed by atoms with van der Waals surface area (Å²) in [6, 6.07) is 6.04. The predicted molar refractivity (Wildman–Crippen MR) is 73.3 cm³/mol. The summed E-state index contributed by atoms with van der Waals surface area (Å²) in [5, 5.41) is 3.16. The predicted octanol–water partition coefficient (Wildman–Crippen LogP) is 2.57. The Kier molecular flexibility index (Phi) is 4.93. The Bertz CT molecular complexity index is 388. The third kappa shape index (κ3) is 4.11. The summed E-state index contributed by atoms with van der Waals surface area (Å²) < 4.78 is 0. The fraction of sp³-hybridized carbons (Fsp3) is 0.333. The van der Waals surface area contributed by atoms with Gasteiger partial charge in [0.15, 0.2) is 5.25 Å². The van der Waals surface area contributed by atoms with Crippen LogP contribution in [0.3, 0.4) is 0 Å². The monoisotopic (exact) mass is 238 g/mol. The van der Waals surface area contributed by atoms with Crippen LogP contribution in [0.25, 0.3) is 0 Å². The van der Waals surface area contributed by atoms with Gasteiger partial charge in [-0.05, 0) is 29.9 Å². The van der Waals surface area contributed by atoms with Crippen molar-refractivity contribution in [3.05, 3.63) is 23.8 Å². The number of benzene rings is 1. The standard InChI is InChI=1S/C12H16NS2/c1-4-14-12-6-5-10(9-11(12)13)7-8-15(2)3/h5-6,9H,4,13H2,1-3H3/q+1. The lowest BCUT2D eigenvalue weighted by atomic mass is 10.2. The molecule has 0 aliphatic carbocycles. The van der Waals surface area contributed by atoms with Crippen molar-refractivity contribution in [3.63, 3.8) is 0 Å². The lowest BCUT2D eigenvalue weighted by Crippen LogP contribution is -1.91. The van der Waals surface area contributed by atoms with E-state index in [0.717, 1.165) is 21.9 Å². The first-order valence-corrected chi connectivity index (χ1v) is 7.77. The maximum absolute atomic E-state index is 5.93. The van der Waals surface area contributed by atoms with Gasteiger partial charge in [-0.15, -0.1) is 11.8 Å². The van der Waals surface area contributed by atoms with Gasteiger partial charge < -0.3 is 5.73 Å². The molecule has 2 N–H and O–H groups in total. The number of rotatable bonds is 2. The Morgan fingerprint density at radius 1 is 1.40 bits per heavy atom. The van der Waals surface area contributed by atoms with Gasteiger partial charge in [0.05, 0.1) is 10.9 Å². The van der Waals surface area contributed by atoms with Gasteiger partial charge in [0.2, 0.25) is 0 Å². The number of hydrogen-bond acceptors (Lipinski definition) is 2. The molecule has 1 nitrogen and oxygen atoms in total. The Balaban J connectivity index is 2.88. The number of hydrogen-bond donors (Lipinski definition) is 1. The molecule has 0 radical (unpaired) electrons. The van der Waals surface area contributed by atoms with Crippen LogP contribution in [-0.4, -0.2) is 18.3 Å². The first kappa shape index (κ1) is 12.4. The molecule has 0 bridgehead atoms. The van der Waals surface area contributed by atoms with Crippen LogP contribution in [0.15, 0.2) is 23.1 Å². The maximum atomic E-state index is 5.93. The minimum absolute atomic E-state index is 0.161. The molecule has 3 heteroatoms. The highest BCUT2D eigenvalue weighted by Crippen LogP contribution is 2.25. The van der Waals surface area contributed by atoms with Crippen LogP contribution < -0.4 is 5.73 Å². The van der Waals surface area contributed by atoms with Crippen molar-refractivity contribution >= 4 is 28.3 Å². The second-order valence-corrected chi connectivity index (χ2v) is 6.37. The van der Waals surface area contributed by atoms with E-state index in [4.69, 9.17) is 5.73 Å². The summed E-state index contributed by atoms with van der Waals surface area (Å²) in [4.78, 5) is 1.15. The van der Waals surface area contributed by atoms with Gasteiger partial charge in [-0.1, -0.05) is 6.92 Å². The van der Waals surface area contributed by atoms with E-state index in [-0.39, 0.29) is 10.9 Å². The van der Waals surface area contributed by atoms with E-state index < -0.39 is 0 Å². The zero-order valence-electron chi connectivity index (χ0n) is 9.33. The summed E-state index contributed by atoms with van der Waals surface area (Å²) in [7, 11) is 0.161. The van der Waals surface area contributed by atoms with Crippen molar-refractivity contribution in [2.75, 3.05) is 24.0 Å². The van der Waals surface area contributed by atoms with Gasteiger partial charge in [-0.3, -0.25) is 0 Å². The van der Waals surface area contributed by atoms with Gasteiger partial charge >= 0.3 is 0 Å². The molecule has 15 heavy (non-hydrogen) atoms. The van der Waals surface area contributed by atoms with Gasteiger partial charge in [0, 0.05) is 16.1 Å². The molecule has 1 aromatic rings. The molecule has 0 spiro atoms. The van der Waals surface area contributed by atoms with Crippen LogP contribution >= 0.6 is 11.8 Å². The van der Waals surface area contributed by atoms with Gasteiger partial charge in [-0.2, -0.15) is 0 Å². The molecule has 80 valence electrons. The lowest BCUT2D eigenvalue weighted by molar-refractivity contribution is 1.42. The van der Waals surface area contributed by atoms with E-state index in [9.17, 15) is 0 Å². The average Bonchev–Trinajstić information content (AvgIpc) is 2.19. The molecule has 0 unspecified atom stereocenters. The van der Waals surface area contributed by atoms with Gasteiger partial charge in [0.1, 0.15) is 12.5 Å². The molecule has 0 aliphatic rings. The van der Waals surface area contributed by atoms with Crippen molar-refractivity contribution in [1.29, 1.82) is 0 Å². The zero-order valence-corrected chi connectivity index (χ0v) is 11.0.